The Balaban J connectivity index is 2.66. The Morgan fingerprint density at radius 1 is 1.22 bits per heavy atom. The van der Waals surface area contributed by atoms with Crippen molar-refractivity contribution in [3.8, 4) is 0 Å². The fourth-order valence-corrected chi connectivity index (χ4v) is 2.44. The number of ether oxygens (including phenoxy) is 3. The van der Waals surface area contributed by atoms with Gasteiger partial charge in [0.05, 0.1) is 18.8 Å². The highest BCUT2D eigenvalue weighted by atomic mass is 16.5. The Kier molecular flexibility index (Phi) is 6.60. The van der Waals surface area contributed by atoms with E-state index < -0.39 is 0 Å². The molecule has 1 heterocycles. The molecule has 0 aromatic rings. The highest BCUT2D eigenvalue weighted by Gasteiger charge is 2.39. The van der Waals surface area contributed by atoms with Gasteiger partial charge in [0, 0.05) is 27.3 Å². The summed E-state index contributed by atoms with van der Waals surface area (Å²) in [7, 11) is 3.36. The minimum absolute atomic E-state index is 0.0313. The van der Waals surface area contributed by atoms with E-state index in [-0.39, 0.29) is 24.2 Å². The summed E-state index contributed by atoms with van der Waals surface area (Å²) < 4.78 is 15.9. The molecule has 1 aliphatic heterocycles. The van der Waals surface area contributed by atoms with Crippen LogP contribution in [0.2, 0.25) is 0 Å². The fraction of sp³-hybridized carbons (Fsp3) is 0.923. The van der Waals surface area contributed by atoms with Gasteiger partial charge in [-0.25, -0.2) is 0 Å². The summed E-state index contributed by atoms with van der Waals surface area (Å²) in [5.41, 5.74) is 0. The first-order chi connectivity index (χ1) is 8.67. The molecule has 106 valence electrons. The van der Waals surface area contributed by atoms with Crippen molar-refractivity contribution < 1.29 is 19.0 Å². The number of esters is 1. The van der Waals surface area contributed by atoms with Gasteiger partial charge < -0.3 is 14.2 Å². The van der Waals surface area contributed by atoms with Crippen molar-refractivity contribution in [1.29, 1.82) is 0 Å². The van der Waals surface area contributed by atoms with E-state index in [1.807, 2.05) is 6.92 Å². The normalized spacial score (nSPS) is 26.2. The predicted octanol–water partition coefficient (Wildman–Crippen LogP) is 1.06. The molecule has 0 amide bonds. The number of carbonyl (C=O) groups excluding carboxylic acids is 1. The van der Waals surface area contributed by atoms with Crippen molar-refractivity contribution >= 4 is 5.97 Å². The van der Waals surface area contributed by atoms with Crippen LogP contribution in [0.5, 0.6) is 0 Å². The molecule has 0 radical (unpaired) electrons. The third-order valence-electron chi connectivity index (χ3n) is 3.41. The number of hydrogen-bond acceptors (Lipinski definition) is 5. The number of nitrogens with zero attached hydrogens (tertiary/aromatic N) is 1. The maximum Gasteiger partial charge on any atom is 0.323 e. The Hall–Kier alpha value is -0.650. The van der Waals surface area contributed by atoms with Gasteiger partial charge in [0.1, 0.15) is 6.04 Å². The molecule has 0 bridgehead atoms. The zero-order valence-electron chi connectivity index (χ0n) is 11.8. The molecule has 0 aromatic carbocycles. The molecule has 0 aromatic heterocycles. The van der Waals surface area contributed by atoms with E-state index in [0.29, 0.717) is 6.61 Å². The van der Waals surface area contributed by atoms with Crippen molar-refractivity contribution in [2.75, 3.05) is 33.9 Å². The van der Waals surface area contributed by atoms with Gasteiger partial charge >= 0.3 is 5.97 Å². The number of carbonyl (C=O) groups is 1. The van der Waals surface area contributed by atoms with Gasteiger partial charge in [-0.1, -0.05) is 13.3 Å². The maximum absolute atomic E-state index is 12.0. The molecule has 5 nitrogen and oxygen atoms in total. The lowest BCUT2D eigenvalue weighted by molar-refractivity contribution is -0.149. The van der Waals surface area contributed by atoms with E-state index in [1.165, 1.54) is 0 Å². The van der Waals surface area contributed by atoms with Crippen molar-refractivity contribution in [1.82, 2.24) is 4.90 Å². The number of hydrogen-bond donors (Lipinski definition) is 0. The van der Waals surface area contributed by atoms with Gasteiger partial charge in [0.25, 0.3) is 0 Å². The smallest absolute Gasteiger partial charge is 0.323 e. The van der Waals surface area contributed by atoms with Crippen LogP contribution < -0.4 is 0 Å². The van der Waals surface area contributed by atoms with Crippen LogP contribution in [0.4, 0.5) is 0 Å². The van der Waals surface area contributed by atoms with Gasteiger partial charge in [-0.15, -0.1) is 0 Å². The lowest BCUT2D eigenvalue weighted by atomic mass is 10.1. The molecule has 0 saturated carbocycles. The molecule has 1 saturated heterocycles. The molecule has 0 spiro atoms. The second-order valence-electron chi connectivity index (χ2n) is 4.56. The van der Waals surface area contributed by atoms with Crippen LogP contribution in [0.3, 0.4) is 0 Å². The summed E-state index contributed by atoms with van der Waals surface area (Å²) >= 11 is 0. The minimum atomic E-state index is -0.173. The second-order valence-corrected chi connectivity index (χ2v) is 4.56. The lowest BCUT2D eigenvalue weighted by Gasteiger charge is -2.25. The van der Waals surface area contributed by atoms with Crippen molar-refractivity contribution in [3.63, 3.8) is 0 Å². The monoisotopic (exact) mass is 259 g/mol. The molecule has 1 rings (SSSR count). The zero-order valence-corrected chi connectivity index (χ0v) is 11.8. The van der Waals surface area contributed by atoms with Gasteiger partial charge in [-0.3, -0.25) is 9.69 Å². The fourth-order valence-electron chi connectivity index (χ4n) is 2.44. The molecule has 18 heavy (non-hydrogen) atoms. The van der Waals surface area contributed by atoms with Gasteiger partial charge in [-0.2, -0.15) is 0 Å². The van der Waals surface area contributed by atoms with E-state index in [0.717, 1.165) is 25.9 Å². The molecule has 1 aliphatic rings. The Morgan fingerprint density at radius 3 is 2.17 bits per heavy atom. The summed E-state index contributed by atoms with van der Waals surface area (Å²) in [6.45, 7) is 5.77. The highest BCUT2D eigenvalue weighted by molar-refractivity contribution is 5.75. The van der Waals surface area contributed by atoms with Gasteiger partial charge in [-0.05, 0) is 13.3 Å². The predicted molar refractivity (Wildman–Crippen MR) is 68.5 cm³/mol. The van der Waals surface area contributed by atoms with Crippen molar-refractivity contribution in [2.45, 2.75) is 44.9 Å². The third kappa shape index (κ3) is 3.67. The minimum Gasteiger partial charge on any atom is -0.465 e. The second kappa shape index (κ2) is 7.71. The van der Waals surface area contributed by atoms with Gasteiger partial charge in [0.2, 0.25) is 0 Å². The molecule has 5 heteroatoms. The Morgan fingerprint density at radius 2 is 1.78 bits per heavy atom. The van der Waals surface area contributed by atoms with Crippen molar-refractivity contribution in [3.05, 3.63) is 0 Å². The molecule has 0 aliphatic carbocycles. The number of likely N-dealkylation sites (tertiary alicyclic amines) is 1. The van der Waals surface area contributed by atoms with Crippen molar-refractivity contribution in [2.24, 2.45) is 0 Å². The molecule has 3 unspecified atom stereocenters. The average Bonchev–Trinajstić information content (AvgIpc) is 2.78. The summed E-state index contributed by atoms with van der Waals surface area (Å²) in [5.74, 6) is -0.133. The van der Waals surface area contributed by atoms with E-state index in [2.05, 4.69) is 11.8 Å². The largest absolute Gasteiger partial charge is 0.465 e. The lowest BCUT2D eigenvalue weighted by Crippen LogP contribution is -2.41. The highest BCUT2D eigenvalue weighted by Crippen LogP contribution is 2.21. The Bertz CT molecular complexity index is 247. The quantitative estimate of drug-likeness (QED) is 0.640. The molecular weight excluding hydrogens is 234 g/mol. The van der Waals surface area contributed by atoms with Gasteiger partial charge in [0.15, 0.2) is 0 Å². The van der Waals surface area contributed by atoms with Crippen LogP contribution in [0, 0.1) is 0 Å². The average molecular weight is 259 g/mol. The molecule has 0 N–H and O–H groups in total. The summed E-state index contributed by atoms with van der Waals surface area (Å²) in [5, 5.41) is 0. The summed E-state index contributed by atoms with van der Waals surface area (Å²) in [6, 6.07) is -0.173. The summed E-state index contributed by atoms with van der Waals surface area (Å²) in [4.78, 5) is 14.1. The zero-order chi connectivity index (χ0) is 13.5. The first-order valence-electron chi connectivity index (χ1n) is 6.64. The van der Waals surface area contributed by atoms with Crippen LogP contribution >= 0.6 is 0 Å². The first-order valence-corrected chi connectivity index (χ1v) is 6.64. The molecular formula is C13H25NO4. The van der Waals surface area contributed by atoms with E-state index in [1.54, 1.807) is 14.2 Å². The van der Waals surface area contributed by atoms with E-state index in [9.17, 15) is 4.79 Å². The van der Waals surface area contributed by atoms with E-state index >= 15 is 0 Å². The van der Waals surface area contributed by atoms with Crippen LogP contribution in [0.15, 0.2) is 0 Å². The Labute approximate surface area is 109 Å². The molecule has 1 fully saturated rings. The third-order valence-corrected chi connectivity index (χ3v) is 3.41. The number of rotatable bonds is 7. The first kappa shape index (κ1) is 15.4. The maximum atomic E-state index is 12.0. The standard InChI is InChI=1S/C13H25NO4/c1-5-7-10(13(15)18-6-2)14-8-11(16-3)12(9-14)17-4/h10-12H,5-9H2,1-4H3. The van der Waals surface area contributed by atoms with Crippen LogP contribution in [-0.2, 0) is 19.0 Å². The topological polar surface area (TPSA) is 48.0 Å². The van der Waals surface area contributed by atoms with Crippen LogP contribution in [-0.4, -0.2) is 63.0 Å². The molecule has 3 atom stereocenters. The SMILES string of the molecule is CCCC(C(=O)OCC)N1CC(OC)C(OC)C1. The van der Waals surface area contributed by atoms with Crippen LogP contribution in [0.1, 0.15) is 26.7 Å². The van der Waals surface area contributed by atoms with Crippen LogP contribution in [0.25, 0.3) is 0 Å². The number of methoxy groups -OCH3 is 2. The van der Waals surface area contributed by atoms with E-state index in [4.69, 9.17) is 14.2 Å². The summed E-state index contributed by atoms with van der Waals surface area (Å²) in [6.07, 6.45) is 1.83.